The second-order valence-corrected chi connectivity index (χ2v) is 16.7. The quantitative estimate of drug-likeness (QED) is 0.0199. The van der Waals surface area contributed by atoms with Gasteiger partial charge in [-0.15, -0.1) is 0 Å². The fourth-order valence-electron chi connectivity index (χ4n) is 6.80. The molecule has 6 heteroatoms. The maximum atomic E-state index is 12.8. The predicted octanol–water partition coefficient (Wildman–Crippen LogP) is 16.8. The molecule has 0 bridgehead atoms. The van der Waals surface area contributed by atoms with E-state index in [-0.39, 0.29) is 37.5 Å². The third kappa shape index (κ3) is 47.6. The Morgan fingerprint density at radius 1 is 0.355 bits per heavy atom. The van der Waals surface area contributed by atoms with Crippen molar-refractivity contribution in [1.29, 1.82) is 0 Å². The van der Waals surface area contributed by atoms with Crippen LogP contribution in [0.2, 0.25) is 0 Å². The highest BCUT2D eigenvalue weighted by atomic mass is 16.6. The van der Waals surface area contributed by atoms with Crippen molar-refractivity contribution in [3.8, 4) is 0 Å². The average molecular weight is 863 g/mol. The maximum absolute atomic E-state index is 12.8. The van der Waals surface area contributed by atoms with Gasteiger partial charge in [-0.1, -0.05) is 202 Å². The van der Waals surface area contributed by atoms with Crippen LogP contribution in [0, 0.1) is 0 Å². The van der Waals surface area contributed by atoms with E-state index in [0.717, 1.165) is 89.9 Å². The third-order valence-corrected chi connectivity index (χ3v) is 10.7. The van der Waals surface area contributed by atoms with Gasteiger partial charge in [-0.05, 0) is 96.3 Å². The zero-order valence-corrected chi connectivity index (χ0v) is 40.4. The molecule has 0 aromatic carbocycles. The van der Waals surface area contributed by atoms with Crippen molar-refractivity contribution < 1.29 is 28.6 Å². The molecule has 62 heavy (non-hydrogen) atoms. The summed E-state index contributed by atoms with van der Waals surface area (Å²) in [6, 6.07) is 0. The molecule has 0 aliphatic heterocycles. The smallest absolute Gasteiger partial charge is 0.306 e. The number of rotatable bonds is 45. The van der Waals surface area contributed by atoms with Crippen molar-refractivity contribution in [2.45, 2.75) is 239 Å². The summed E-state index contributed by atoms with van der Waals surface area (Å²) in [4.78, 5) is 37.9. The van der Waals surface area contributed by atoms with E-state index in [4.69, 9.17) is 14.2 Å². The lowest BCUT2D eigenvalue weighted by Gasteiger charge is -2.18. The van der Waals surface area contributed by atoms with Gasteiger partial charge in [-0.3, -0.25) is 14.4 Å². The third-order valence-electron chi connectivity index (χ3n) is 10.7. The van der Waals surface area contributed by atoms with E-state index in [1.807, 2.05) is 0 Å². The van der Waals surface area contributed by atoms with Gasteiger partial charge < -0.3 is 14.2 Å². The summed E-state index contributed by atoms with van der Waals surface area (Å²) in [6.45, 7) is 6.41. The molecule has 0 aliphatic rings. The van der Waals surface area contributed by atoms with Crippen molar-refractivity contribution in [3.05, 3.63) is 85.1 Å². The number of esters is 3. The Morgan fingerprint density at radius 2 is 0.710 bits per heavy atom. The molecule has 0 amide bonds. The Balaban J connectivity index is 4.49. The van der Waals surface area contributed by atoms with Gasteiger partial charge in [0.05, 0.1) is 0 Å². The molecule has 0 aromatic rings. The minimum absolute atomic E-state index is 0.102. The summed E-state index contributed by atoms with van der Waals surface area (Å²) in [5.74, 6) is -0.980. The van der Waals surface area contributed by atoms with Crippen molar-refractivity contribution in [2.75, 3.05) is 13.2 Å². The molecule has 0 saturated heterocycles. The molecule has 0 rings (SSSR count). The molecule has 1 atom stereocenters. The van der Waals surface area contributed by atoms with Gasteiger partial charge in [-0.25, -0.2) is 0 Å². The van der Waals surface area contributed by atoms with Gasteiger partial charge in [-0.2, -0.15) is 0 Å². The number of allylic oxidation sites excluding steroid dienone is 14. The predicted molar refractivity (Wildman–Crippen MR) is 265 cm³/mol. The lowest BCUT2D eigenvalue weighted by molar-refractivity contribution is -0.167. The van der Waals surface area contributed by atoms with E-state index in [1.54, 1.807) is 0 Å². The average Bonchev–Trinajstić information content (AvgIpc) is 3.27. The molecule has 0 fully saturated rings. The van der Waals surface area contributed by atoms with Crippen LogP contribution in [0.1, 0.15) is 233 Å². The molecule has 0 spiro atoms. The molecule has 0 radical (unpaired) electrons. The summed E-state index contributed by atoms with van der Waals surface area (Å²) < 4.78 is 16.7. The highest BCUT2D eigenvalue weighted by Crippen LogP contribution is 2.13. The van der Waals surface area contributed by atoms with Crippen LogP contribution in [-0.2, 0) is 28.6 Å². The van der Waals surface area contributed by atoms with Gasteiger partial charge in [0.1, 0.15) is 13.2 Å². The molecule has 0 heterocycles. The zero-order chi connectivity index (χ0) is 45.1. The number of carbonyl (C=O) groups is 3. The van der Waals surface area contributed by atoms with Crippen molar-refractivity contribution in [2.24, 2.45) is 0 Å². The monoisotopic (exact) mass is 863 g/mol. The van der Waals surface area contributed by atoms with Gasteiger partial charge in [0, 0.05) is 19.3 Å². The molecule has 0 aromatic heterocycles. The molecule has 354 valence electrons. The maximum Gasteiger partial charge on any atom is 0.306 e. The van der Waals surface area contributed by atoms with Crippen LogP contribution in [0.25, 0.3) is 0 Å². The molecule has 6 nitrogen and oxygen atoms in total. The van der Waals surface area contributed by atoms with Crippen molar-refractivity contribution in [1.82, 2.24) is 0 Å². The Bertz CT molecular complexity index is 1220. The number of ether oxygens (including phenoxy) is 3. The Morgan fingerprint density at radius 3 is 1.23 bits per heavy atom. The van der Waals surface area contributed by atoms with Crippen LogP contribution in [-0.4, -0.2) is 37.2 Å². The summed E-state index contributed by atoms with van der Waals surface area (Å²) >= 11 is 0. The van der Waals surface area contributed by atoms with E-state index in [0.29, 0.717) is 19.3 Å². The van der Waals surface area contributed by atoms with Crippen LogP contribution in [0.5, 0.6) is 0 Å². The second-order valence-electron chi connectivity index (χ2n) is 16.7. The van der Waals surface area contributed by atoms with E-state index in [9.17, 15) is 14.4 Å². The topological polar surface area (TPSA) is 78.9 Å². The van der Waals surface area contributed by atoms with Crippen molar-refractivity contribution >= 4 is 17.9 Å². The van der Waals surface area contributed by atoms with Gasteiger partial charge >= 0.3 is 17.9 Å². The Labute approximate surface area is 382 Å². The van der Waals surface area contributed by atoms with Gasteiger partial charge in [0.25, 0.3) is 0 Å². The van der Waals surface area contributed by atoms with E-state index < -0.39 is 6.10 Å². The first kappa shape index (κ1) is 58.6. The highest BCUT2D eigenvalue weighted by Gasteiger charge is 2.19. The molecular formula is C56H94O6. The Kier molecular flexibility index (Phi) is 47.5. The van der Waals surface area contributed by atoms with Gasteiger partial charge in [0.15, 0.2) is 6.10 Å². The zero-order valence-electron chi connectivity index (χ0n) is 40.4. The minimum atomic E-state index is -0.806. The van der Waals surface area contributed by atoms with Crippen LogP contribution < -0.4 is 0 Å². The van der Waals surface area contributed by atoms with E-state index >= 15 is 0 Å². The largest absolute Gasteiger partial charge is 0.462 e. The summed E-state index contributed by atoms with van der Waals surface area (Å²) in [6.07, 6.45) is 64.3. The second kappa shape index (κ2) is 50.2. The van der Waals surface area contributed by atoms with Crippen LogP contribution >= 0.6 is 0 Å². The molecular weight excluding hydrogens is 769 g/mol. The standard InChI is InChI=1S/C56H94O6/c1-4-7-10-13-16-19-22-25-27-28-30-31-34-37-40-43-46-49-55(58)61-52-53(51-60-54(57)48-45-42-39-36-33-24-21-18-15-12-9-6-3)62-56(59)50-47-44-41-38-35-32-29-26-23-20-17-14-11-8-5-2/h8,11,14,17-18,20-21,23,25,27,30-31,37,40,53H,4-7,9-10,12-13,15-16,19,22,24,26,28-29,32-36,38-39,41-52H2,1-3H3/b11-8-,17-14-,21-18-,23-20-,27-25-,31-30-,40-37-. The van der Waals surface area contributed by atoms with Crippen LogP contribution in [0.3, 0.4) is 0 Å². The minimum Gasteiger partial charge on any atom is -0.462 e. The molecule has 0 aliphatic carbocycles. The number of unbranched alkanes of at least 4 members (excludes halogenated alkanes) is 22. The number of carbonyl (C=O) groups excluding carboxylic acids is 3. The Hall–Kier alpha value is -3.41. The first-order valence-electron chi connectivity index (χ1n) is 25.6. The lowest BCUT2D eigenvalue weighted by Crippen LogP contribution is -2.30. The lowest BCUT2D eigenvalue weighted by atomic mass is 10.1. The summed E-state index contributed by atoms with van der Waals surface area (Å²) in [5.41, 5.74) is 0. The van der Waals surface area contributed by atoms with E-state index in [1.165, 1.54) is 96.3 Å². The summed E-state index contributed by atoms with van der Waals surface area (Å²) in [5, 5.41) is 0. The first-order chi connectivity index (χ1) is 30.5. The van der Waals surface area contributed by atoms with Crippen molar-refractivity contribution in [3.63, 3.8) is 0 Å². The molecule has 1 unspecified atom stereocenters. The van der Waals surface area contributed by atoms with E-state index in [2.05, 4.69) is 106 Å². The molecule has 0 N–H and O–H groups in total. The first-order valence-corrected chi connectivity index (χ1v) is 25.6. The SMILES string of the molecule is CC\C=C/C=C\C=C/CCCCCCCCCC(=O)OC(COC(=O)CCC/C=C\C/C=C\C/C=C\CCCCCCCC)COC(=O)CCCCCCC/C=C\CCCCC. The van der Waals surface area contributed by atoms with Gasteiger partial charge in [0.2, 0.25) is 0 Å². The highest BCUT2D eigenvalue weighted by molar-refractivity contribution is 5.71. The molecule has 0 saturated carbocycles. The number of hydrogen-bond donors (Lipinski definition) is 0. The number of hydrogen-bond acceptors (Lipinski definition) is 6. The fraction of sp³-hybridized carbons (Fsp3) is 0.696. The van der Waals surface area contributed by atoms with Crippen LogP contribution in [0.4, 0.5) is 0 Å². The fourth-order valence-corrected chi connectivity index (χ4v) is 6.80. The normalized spacial score (nSPS) is 12.8. The van der Waals surface area contributed by atoms with Crippen LogP contribution in [0.15, 0.2) is 85.1 Å². The summed E-state index contributed by atoms with van der Waals surface area (Å²) in [7, 11) is 0.